The van der Waals surface area contributed by atoms with Gasteiger partial charge in [-0.3, -0.25) is 0 Å². The van der Waals surface area contributed by atoms with Crippen LogP contribution >= 0.6 is 0 Å². The zero-order valence-electron chi connectivity index (χ0n) is 17.0. The van der Waals surface area contributed by atoms with E-state index in [-0.39, 0.29) is 11.8 Å². The summed E-state index contributed by atoms with van der Waals surface area (Å²) in [7, 11) is 3.07. The van der Waals surface area contributed by atoms with Crippen LogP contribution in [-0.2, 0) is 0 Å². The quantitative estimate of drug-likeness (QED) is 0.446. The Morgan fingerprint density at radius 1 is 0.935 bits per heavy atom. The average Bonchev–Trinajstić information content (AvgIpc) is 3.22. The number of nitrogens with zero attached hydrogens (tertiary/aromatic N) is 4. The van der Waals surface area contributed by atoms with Gasteiger partial charge in [-0.2, -0.15) is 4.98 Å². The lowest BCUT2D eigenvalue weighted by Crippen LogP contribution is -2.03. The van der Waals surface area contributed by atoms with Crippen molar-refractivity contribution in [2.75, 3.05) is 24.9 Å². The van der Waals surface area contributed by atoms with E-state index in [4.69, 9.17) is 13.9 Å². The molecule has 10 heteroatoms. The first kappa shape index (κ1) is 20.1. The summed E-state index contributed by atoms with van der Waals surface area (Å²) in [5.41, 5.74) is 1.99. The Morgan fingerprint density at radius 2 is 1.74 bits per heavy atom. The number of hydrogen-bond acceptors (Lipinski definition) is 9. The van der Waals surface area contributed by atoms with E-state index in [1.807, 2.05) is 18.2 Å². The van der Waals surface area contributed by atoms with Gasteiger partial charge in [-0.05, 0) is 30.3 Å². The highest BCUT2D eigenvalue weighted by Crippen LogP contribution is 2.31. The molecule has 0 spiro atoms. The molecule has 31 heavy (non-hydrogen) atoms. The van der Waals surface area contributed by atoms with Gasteiger partial charge in [0.05, 0.1) is 20.4 Å². The lowest BCUT2D eigenvalue weighted by atomic mass is 10.2. The Hall–Kier alpha value is -4.21. The van der Waals surface area contributed by atoms with Crippen molar-refractivity contribution in [1.82, 2.24) is 20.2 Å². The Balaban J connectivity index is 1.56. The van der Waals surface area contributed by atoms with Gasteiger partial charge in [0.1, 0.15) is 0 Å². The second kappa shape index (κ2) is 8.66. The van der Waals surface area contributed by atoms with Gasteiger partial charge in [0, 0.05) is 29.9 Å². The Kier molecular flexibility index (Phi) is 5.61. The zero-order chi connectivity index (χ0) is 21.8. The Morgan fingerprint density at radius 3 is 2.48 bits per heavy atom. The van der Waals surface area contributed by atoms with Gasteiger partial charge in [-0.25, -0.2) is 9.37 Å². The number of hydrogen-bond donors (Lipinski definition) is 2. The molecule has 2 aromatic carbocycles. The summed E-state index contributed by atoms with van der Waals surface area (Å²) in [6.07, 6.45) is 1.09. The first-order valence-corrected chi connectivity index (χ1v) is 9.25. The number of ether oxygens (including phenoxy) is 2. The van der Waals surface area contributed by atoms with Crippen LogP contribution in [0.25, 0.3) is 11.5 Å². The first-order valence-electron chi connectivity index (χ1n) is 9.25. The summed E-state index contributed by atoms with van der Waals surface area (Å²) < 4.78 is 30.3. The monoisotopic (exact) mass is 422 g/mol. The molecule has 0 bridgehead atoms. The molecule has 0 saturated heterocycles. The SMILES string of the molecule is COc1ccc(Nc2nc(Nc3cccc(-c4nnc(C)o4)c3)ncc2F)cc1OC. The van der Waals surface area contributed by atoms with Crippen LogP contribution in [0.1, 0.15) is 5.89 Å². The van der Waals surface area contributed by atoms with Crippen molar-refractivity contribution >= 4 is 23.1 Å². The van der Waals surface area contributed by atoms with E-state index in [9.17, 15) is 4.39 Å². The Bertz CT molecular complexity index is 1210. The van der Waals surface area contributed by atoms with E-state index >= 15 is 0 Å². The number of aryl methyl sites for hydroxylation is 1. The highest BCUT2D eigenvalue weighted by molar-refractivity contribution is 5.66. The molecule has 158 valence electrons. The van der Waals surface area contributed by atoms with Gasteiger partial charge in [0.2, 0.25) is 17.7 Å². The predicted molar refractivity (Wildman–Crippen MR) is 113 cm³/mol. The van der Waals surface area contributed by atoms with Gasteiger partial charge in [0.25, 0.3) is 0 Å². The minimum atomic E-state index is -0.601. The second-order valence-corrected chi connectivity index (χ2v) is 6.42. The number of aromatic nitrogens is 4. The summed E-state index contributed by atoms with van der Waals surface area (Å²) in [6, 6.07) is 12.4. The van der Waals surface area contributed by atoms with Crippen molar-refractivity contribution < 1.29 is 18.3 Å². The topological polar surface area (TPSA) is 107 Å². The molecular formula is C21H19FN6O3. The summed E-state index contributed by atoms with van der Waals surface area (Å²) in [5, 5.41) is 13.8. The molecule has 0 saturated carbocycles. The Labute approximate surface area is 177 Å². The normalized spacial score (nSPS) is 10.6. The van der Waals surface area contributed by atoms with Gasteiger partial charge >= 0.3 is 0 Å². The molecule has 9 nitrogen and oxygen atoms in total. The van der Waals surface area contributed by atoms with E-state index in [1.165, 1.54) is 7.11 Å². The fourth-order valence-corrected chi connectivity index (χ4v) is 2.84. The predicted octanol–water partition coefficient (Wildman–Crippen LogP) is 4.48. The summed E-state index contributed by atoms with van der Waals surface area (Å²) in [6.45, 7) is 1.72. The average molecular weight is 422 g/mol. The van der Waals surface area contributed by atoms with Gasteiger partial charge < -0.3 is 24.5 Å². The molecular weight excluding hydrogens is 403 g/mol. The van der Waals surface area contributed by atoms with Crippen LogP contribution < -0.4 is 20.1 Å². The lowest BCUT2D eigenvalue weighted by molar-refractivity contribution is 0.355. The van der Waals surface area contributed by atoms with Crippen LogP contribution in [0, 0.1) is 12.7 Å². The van der Waals surface area contributed by atoms with Crippen LogP contribution in [0.4, 0.5) is 27.5 Å². The maximum Gasteiger partial charge on any atom is 0.247 e. The molecule has 0 aliphatic heterocycles. The van der Waals surface area contributed by atoms with Crippen molar-refractivity contribution in [2.45, 2.75) is 6.92 Å². The maximum atomic E-state index is 14.3. The minimum absolute atomic E-state index is 0.00778. The van der Waals surface area contributed by atoms with Crippen molar-refractivity contribution in [1.29, 1.82) is 0 Å². The van der Waals surface area contributed by atoms with Gasteiger partial charge in [-0.1, -0.05) is 6.07 Å². The maximum absolute atomic E-state index is 14.3. The lowest BCUT2D eigenvalue weighted by Gasteiger charge is -2.12. The summed E-state index contributed by atoms with van der Waals surface area (Å²) in [5.74, 6) is 1.56. The van der Waals surface area contributed by atoms with Crippen LogP contribution in [0.3, 0.4) is 0 Å². The van der Waals surface area contributed by atoms with Gasteiger partial charge in [-0.15, -0.1) is 10.2 Å². The molecule has 4 aromatic rings. The molecule has 2 heterocycles. The molecule has 0 fully saturated rings. The van der Waals surface area contributed by atoms with Crippen LogP contribution in [0.5, 0.6) is 11.5 Å². The molecule has 0 unspecified atom stereocenters. The third kappa shape index (κ3) is 4.53. The molecule has 0 atom stereocenters. The summed E-state index contributed by atoms with van der Waals surface area (Å²) in [4.78, 5) is 8.25. The van der Waals surface area contributed by atoms with Crippen LogP contribution in [-0.4, -0.2) is 34.4 Å². The molecule has 0 aliphatic carbocycles. The van der Waals surface area contributed by atoms with Crippen molar-refractivity contribution in [3.8, 4) is 23.0 Å². The molecule has 4 rings (SSSR count). The third-order valence-electron chi connectivity index (χ3n) is 4.28. The molecule has 2 aromatic heterocycles. The first-order chi connectivity index (χ1) is 15.1. The van der Waals surface area contributed by atoms with E-state index in [0.29, 0.717) is 34.7 Å². The smallest absolute Gasteiger partial charge is 0.247 e. The second-order valence-electron chi connectivity index (χ2n) is 6.42. The van der Waals surface area contributed by atoms with Crippen molar-refractivity contribution in [3.63, 3.8) is 0 Å². The molecule has 0 aliphatic rings. The number of nitrogens with one attached hydrogen (secondary N) is 2. The van der Waals surface area contributed by atoms with Gasteiger partial charge in [0.15, 0.2) is 23.1 Å². The molecule has 0 radical (unpaired) electrons. The fourth-order valence-electron chi connectivity index (χ4n) is 2.84. The number of anilines is 4. The zero-order valence-corrected chi connectivity index (χ0v) is 17.0. The van der Waals surface area contributed by atoms with Crippen LogP contribution in [0.2, 0.25) is 0 Å². The van der Waals surface area contributed by atoms with E-state index < -0.39 is 5.82 Å². The third-order valence-corrected chi connectivity index (χ3v) is 4.28. The van der Waals surface area contributed by atoms with Crippen LogP contribution in [0.15, 0.2) is 53.1 Å². The standard InChI is InChI=1S/C21H19FN6O3/c1-12-27-28-20(31-12)13-5-4-6-14(9-13)25-21-23-11-16(22)19(26-21)24-15-7-8-17(29-2)18(10-15)30-3/h4-11H,1-3H3,(H2,23,24,25,26). The highest BCUT2D eigenvalue weighted by atomic mass is 19.1. The largest absolute Gasteiger partial charge is 0.493 e. The number of halogens is 1. The van der Waals surface area contributed by atoms with E-state index in [2.05, 4.69) is 30.8 Å². The number of benzene rings is 2. The minimum Gasteiger partial charge on any atom is -0.493 e. The highest BCUT2D eigenvalue weighted by Gasteiger charge is 2.11. The van der Waals surface area contributed by atoms with Crippen molar-refractivity contribution in [3.05, 3.63) is 60.4 Å². The molecule has 2 N–H and O–H groups in total. The van der Waals surface area contributed by atoms with Crippen molar-refractivity contribution in [2.24, 2.45) is 0 Å². The number of rotatable bonds is 7. The number of methoxy groups -OCH3 is 2. The van der Waals surface area contributed by atoms with E-state index in [0.717, 1.165) is 11.8 Å². The molecule has 0 amide bonds. The summed E-state index contributed by atoms with van der Waals surface area (Å²) >= 11 is 0. The van der Waals surface area contributed by atoms with E-state index in [1.54, 1.807) is 38.3 Å². The fraction of sp³-hybridized carbons (Fsp3) is 0.143.